The molecule has 1 aromatic carbocycles. The maximum Gasteiger partial charge on any atom is 0.338 e. The van der Waals surface area contributed by atoms with Gasteiger partial charge in [-0.05, 0) is 42.5 Å². The first-order valence-electron chi connectivity index (χ1n) is 8.43. The number of esters is 1. The third-order valence-corrected chi connectivity index (χ3v) is 7.52. The summed E-state index contributed by atoms with van der Waals surface area (Å²) in [7, 11) is -3.79. The van der Waals surface area contributed by atoms with Gasteiger partial charge in [0.05, 0.1) is 15.5 Å². The van der Waals surface area contributed by atoms with Crippen molar-refractivity contribution in [3.05, 3.63) is 51.2 Å². The van der Waals surface area contributed by atoms with Gasteiger partial charge >= 0.3 is 5.97 Å². The highest BCUT2D eigenvalue weighted by Crippen LogP contribution is 2.28. The third-order valence-electron chi connectivity index (χ3n) is 4.23. The van der Waals surface area contributed by atoms with Crippen LogP contribution in [-0.2, 0) is 14.8 Å². The molecule has 0 bridgehead atoms. The lowest BCUT2D eigenvalue weighted by molar-refractivity contribution is 0.0475. The summed E-state index contributed by atoms with van der Waals surface area (Å²) in [6, 6.07) is 7.33. The van der Waals surface area contributed by atoms with Gasteiger partial charge < -0.3 is 4.74 Å². The first-order valence-corrected chi connectivity index (χ1v) is 11.1. The molecule has 1 aliphatic heterocycles. The van der Waals surface area contributed by atoms with Gasteiger partial charge in [0.1, 0.15) is 4.90 Å². The first kappa shape index (κ1) is 20.0. The van der Waals surface area contributed by atoms with Crippen LogP contribution in [0, 0.1) is 0 Å². The van der Waals surface area contributed by atoms with E-state index in [1.54, 1.807) is 17.5 Å². The molecule has 6 nitrogen and oxygen atoms in total. The van der Waals surface area contributed by atoms with Crippen LogP contribution in [0.3, 0.4) is 0 Å². The van der Waals surface area contributed by atoms with E-state index >= 15 is 0 Å². The van der Waals surface area contributed by atoms with Crippen LogP contribution in [0.1, 0.15) is 39.3 Å². The molecule has 0 spiro atoms. The number of rotatable bonds is 6. The molecule has 144 valence electrons. The largest absolute Gasteiger partial charge is 0.454 e. The average molecular weight is 428 g/mol. The van der Waals surface area contributed by atoms with E-state index in [9.17, 15) is 18.0 Å². The molecular formula is C18H18ClNO5S2. The summed E-state index contributed by atoms with van der Waals surface area (Å²) in [5.74, 6) is -1.08. The topological polar surface area (TPSA) is 80.8 Å². The van der Waals surface area contributed by atoms with Gasteiger partial charge in [0, 0.05) is 13.1 Å². The minimum atomic E-state index is -3.79. The summed E-state index contributed by atoms with van der Waals surface area (Å²) in [5.41, 5.74) is 0.0361. The molecule has 0 N–H and O–H groups in total. The second kappa shape index (κ2) is 8.52. The molecule has 0 unspecified atom stereocenters. The molecule has 27 heavy (non-hydrogen) atoms. The summed E-state index contributed by atoms with van der Waals surface area (Å²) in [4.78, 5) is 24.6. The maximum absolute atomic E-state index is 12.8. The van der Waals surface area contributed by atoms with Gasteiger partial charge in [-0.15, -0.1) is 11.3 Å². The first-order chi connectivity index (χ1) is 12.9. The van der Waals surface area contributed by atoms with Crippen LogP contribution in [0.25, 0.3) is 0 Å². The number of nitrogens with zero attached hydrogens (tertiary/aromatic N) is 1. The smallest absolute Gasteiger partial charge is 0.338 e. The van der Waals surface area contributed by atoms with Crippen molar-refractivity contribution in [2.45, 2.75) is 24.2 Å². The van der Waals surface area contributed by atoms with E-state index in [1.807, 2.05) is 0 Å². The van der Waals surface area contributed by atoms with Gasteiger partial charge in [0.25, 0.3) is 0 Å². The Bertz CT molecular complexity index is 935. The number of halogens is 1. The zero-order valence-corrected chi connectivity index (χ0v) is 16.8. The number of ether oxygens (including phenoxy) is 1. The zero-order valence-electron chi connectivity index (χ0n) is 14.4. The van der Waals surface area contributed by atoms with Crippen LogP contribution in [-0.4, -0.2) is 44.2 Å². The van der Waals surface area contributed by atoms with Crippen LogP contribution < -0.4 is 0 Å². The fourth-order valence-corrected chi connectivity index (χ4v) is 5.46. The SMILES string of the molecule is O=C(OCC(=O)c1cccs1)c1ccc(Cl)c(S(=O)(=O)N2CCCCC2)c1. The average Bonchev–Trinajstić information content (AvgIpc) is 3.21. The Labute approximate surface area is 166 Å². The minimum Gasteiger partial charge on any atom is -0.454 e. The lowest BCUT2D eigenvalue weighted by Gasteiger charge is -2.26. The van der Waals surface area contributed by atoms with Gasteiger partial charge in [-0.25, -0.2) is 13.2 Å². The number of sulfonamides is 1. The molecule has 1 aliphatic rings. The number of Topliss-reactive ketones (excluding diaryl/α,β-unsaturated/α-hetero) is 1. The summed E-state index contributed by atoms with van der Waals surface area (Å²) in [5, 5.41) is 1.80. The number of hydrogen-bond donors (Lipinski definition) is 0. The van der Waals surface area contributed by atoms with Gasteiger partial charge in [-0.1, -0.05) is 24.1 Å². The Balaban J connectivity index is 1.76. The van der Waals surface area contributed by atoms with Crippen LogP contribution in [0.2, 0.25) is 5.02 Å². The third kappa shape index (κ3) is 4.57. The number of ketones is 1. The second-order valence-corrected chi connectivity index (χ2v) is 9.35. The monoisotopic (exact) mass is 427 g/mol. The molecule has 2 heterocycles. The van der Waals surface area contributed by atoms with E-state index in [0.29, 0.717) is 18.0 Å². The molecular weight excluding hydrogens is 410 g/mol. The number of piperidine rings is 1. The summed E-state index contributed by atoms with van der Waals surface area (Å²) < 4.78 is 32.1. The van der Waals surface area contributed by atoms with E-state index in [1.165, 1.54) is 33.8 Å². The van der Waals surface area contributed by atoms with Crippen LogP contribution in [0.5, 0.6) is 0 Å². The highest BCUT2D eigenvalue weighted by Gasteiger charge is 2.29. The highest BCUT2D eigenvalue weighted by atomic mass is 35.5. The maximum atomic E-state index is 12.8. The molecule has 0 saturated carbocycles. The van der Waals surface area contributed by atoms with Crippen molar-refractivity contribution >= 4 is 44.7 Å². The van der Waals surface area contributed by atoms with Crippen molar-refractivity contribution in [2.75, 3.05) is 19.7 Å². The van der Waals surface area contributed by atoms with E-state index in [0.717, 1.165) is 19.3 Å². The van der Waals surface area contributed by atoms with Crippen molar-refractivity contribution < 1.29 is 22.7 Å². The number of thiophene rings is 1. The molecule has 0 atom stereocenters. The molecule has 1 aromatic heterocycles. The van der Waals surface area contributed by atoms with Crippen molar-refractivity contribution in [2.24, 2.45) is 0 Å². The molecule has 3 rings (SSSR count). The fourth-order valence-electron chi connectivity index (χ4n) is 2.80. The van der Waals surface area contributed by atoms with E-state index in [4.69, 9.17) is 16.3 Å². The fraction of sp³-hybridized carbons (Fsp3) is 0.333. The highest BCUT2D eigenvalue weighted by molar-refractivity contribution is 7.89. The number of carbonyl (C=O) groups excluding carboxylic acids is 2. The minimum absolute atomic E-state index is 0.0361. The lowest BCUT2D eigenvalue weighted by Crippen LogP contribution is -2.35. The molecule has 1 fully saturated rings. The molecule has 1 saturated heterocycles. The van der Waals surface area contributed by atoms with Crippen LogP contribution in [0.4, 0.5) is 0 Å². The summed E-state index contributed by atoms with van der Waals surface area (Å²) in [6.45, 7) is 0.460. The molecule has 0 aliphatic carbocycles. The van der Waals surface area contributed by atoms with Crippen molar-refractivity contribution in [3.8, 4) is 0 Å². The Kier molecular flexibility index (Phi) is 6.31. The quantitative estimate of drug-likeness (QED) is 0.519. The van der Waals surface area contributed by atoms with Crippen molar-refractivity contribution in [3.63, 3.8) is 0 Å². The van der Waals surface area contributed by atoms with Crippen molar-refractivity contribution in [1.82, 2.24) is 4.31 Å². The normalized spacial score (nSPS) is 15.4. The number of benzene rings is 1. The predicted molar refractivity (Wildman–Crippen MR) is 103 cm³/mol. The van der Waals surface area contributed by atoms with Crippen LogP contribution in [0.15, 0.2) is 40.6 Å². The van der Waals surface area contributed by atoms with Gasteiger partial charge in [-0.3, -0.25) is 4.79 Å². The molecule has 0 amide bonds. The van der Waals surface area contributed by atoms with Crippen LogP contribution >= 0.6 is 22.9 Å². The summed E-state index contributed by atoms with van der Waals surface area (Å²) >= 11 is 7.35. The van der Waals surface area contributed by atoms with Crippen molar-refractivity contribution in [1.29, 1.82) is 0 Å². The number of carbonyl (C=O) groups is 2. The van der Waals surface area contributed by atoms with E-state index in [2.05, 4.69) is 0 Å². The molecule has 9 heteroatoms. The van der Waals surface area contributed by atoms with E-state index in [-0.39, 0.29) is 21.3 Å². The Hall–Kier alpha value is -1.74. The Morgan fingerprint density at radius 2 is 1.89 bits per heavy atom. The standard InChI is InChI=1S/C18H18ClNO5S2/c19-14-7-6-13(18(22)25-12-15(21)16-5-4-10-26-16)11-17(14)27(23,24)20-8-2-1-3-9-20/h4-7,10-11H,1-3,8-9,12H2. The molecule has 0 radical (unpaired) electrons. The number of hydrogen-bond acceptors (Lipinski definition) is 6. The van der Waals surface area contributed by atoms with Gasteiger partial charge in [0.2, 0.25) is 15.8 Å². The zero-order chi connectivity index (χ0) is 19.4. The van der Waals surface area contributed by atoms with Gasteiger partial charge in [0.15, 0.2) is 6.61 Å². The lowest BCUT2D eigenvalue weighted by atomic mass is 10.2. The Morgan fingerprint density at radius 1 is 1.15 bits per heavy atom. The predicted octanol–water partition coefficient (Wildman–Crippen LogP) is 3.62. The van der Waals surface area contributed by atoms with E-state index < -0.39 is 22.6 Å². The van der Waals surface area contributed by atoms with Gasteiger partial charge in [-0.2, -0.15) is 4.31 Å². The summed E-state index contributed by atoms with van der Waals surface area (Å²) in [6.07, 6.45) is 2.58. The molecule has 2 aromatic rings. The Morgan fingerprint density at radius 3 is 2.56 bits per heavy atom. The second-order valence-electron chi connectivity index (χ2n) is 6.09.